The van der Waals surface area contributed by atoms with Crippen molar-refractivity contribution in [3.8, 4) is 5.75 Å². The number of guanidine groups is 1. The van der Waals surface area contributed by atoms with Crippen molar-refractivity contribution in [1.82, 2.24) is 4.98 Å². The van der Waals surface area contributed by atoms with E-state index >= 15 is 0 Å². The van der Waals surface area contributed by atoms with E-state index in [0.717, 1.165) is 11.3 Å². The van der Waals surface area contributed by atoms with Crippen LogP contribution in [-0.2, 0) is 6.54 Å². The number of hydrogen-bond donors (Lipinski definition) is 2. The molecule has 8 nitrogen and oxygen atoms in total. The maximum Gasteiger partial charge on any atom is 0.311 e. The van der Waals surface area contributed by atoms with Crippen LogP contribution in [0.25, 0.3) is 0 Å². The first-order chi connectivity index (χ1) is 10.6. The zero-order valence-corrected chi connectivity index (χ0v) is 11.9. The molecule has 1 aromatic carbocycles. The molecule has 3 N–H and O–H groups in total. The first-order valence-corrected chi connectivity index (χ1v) is 6.39. The van der Waals surface area contributed by atoms with Crippen LogP contribution in [0.3, 0.4) is 0 Å². The van der Waals surface area contributed by atoms with E-state index in [2.05, 4.69) is 15.3 Å². The van der Waals surface area contributed by atoms with Gasteiger partial charge in [-0.15, -0.1) is 0 Å². The minimum atomic E-state index is -0.537. The van der Waals surface area contributed by atoms with Crippen LogP contribution in [-0.4, -0.2) is 23.0 Å². The lowest BCUT2D eigenvalue weighted by Gasteiger charge is -2.06. The van der Waals surface area contributed by atoms with Crippen molar-refractivity contribution in [2.24, 2.45) is 10.7 Å². The van der Waals surface area contributed by atoms with Crippen molar-refractivity contribution in [2.75, 3.05) is 12.4 Å². The molecule has 0 aliphatic rings. The van der Waals surface area contributed by atoms with E-state index in [1.165, 1.54) is 18.3 Å². The largest absolute Gasteiger partial charge is 0.497 e. The topological polar surface area (TPSA) is 116 Å². The SMILES string of the molecule is COc1cccc(CN=C(N)Nc2ncccc2[N+](=O)[O-])c1. The normalized spacial score (nSPS) is 11.0. The van der Waals surface area contributed by atoms with E-state index in [4.69, 9.17) is 10.5 Å². The monoisotopic (exact) mass is 301 g/mol. The van der Waals surface area contributed by atoms with Crippen LogP contribution in [0.5, 0.6) is 5.75 Å². The number of hydrogen-bond acceptors (Lipinski definition) is 5. The Morgan fingerprint density at radius 3 is 3.00 bits per heavy atom. The lowest BCUT2D eigenvalue weighted by molar-refractivity contribution is -0.384. The number of methoxy groups -OCH3 is 1. The highest BCUT2D eigenvalue weighted by Crippen LogP contribution is 2.20. The molecule has 114 valence electrons. The van der Waals surface area contributed by atoms with Gasteiger partial charge in [-0.05, 0) is 23.8 Å². The van der Waals surface area contributed by atoms with Crippen molar-refractivity contribution >= 4 is 17.5 Å². The second kappa shape index (κ2) is 7.02. The maximum absolute atomic E-state index is 10.9. The average Bonchev–Trinajstić information content (AvgIpc) is 2.53. The van der Waals surface area contributed by atoms with Crippen LogP contribution in [0.4, 0.5) is 11.5 Å². The molecule has 0 saturated heterocycles. The first kappa shape index (κ1) is 15.2. The number of nitrogens with zero attached hydrogens (tertiary/aromatic N) is 3. The van der Waals surface area contributed by atoms with Gasteiger partial charge in [-0.2, -0.15) is 0 Å². The molecule has 0 bridgehead atoms. The molecule has 1 heterocycles. The lowest BCUT2D eigenvalue weighted by Crippen LogP contribution is -2.23. The van der Waals surface area contributed by atoms with Gasteiger partial charge in [0.15, 0.2) is 5.96 Å². The molecule has 2 rings (SSSR count). The van der Waals surface area contributed by atoms with Crippen LogP contribution in [0, 0.1) is 10.1 Å². The Bertz CT molecular complexity index is 702. The highest BCUT2D eigenvalue weighted by molar-refractivity contribution is 5.93. The van der Waals surface area contributed by atoms with Gasteiger partial charge in [-0.25, -0.2) is 9.98 Å². The smallest absolute Gasteiger partial charge is 0.311 e. The molecule has 0 radical (unpaired) electrons. The molecule has 8 heteroatoms. The van der Waals surface area contributed by atoms with Gasteiger partial charge >= 0.3 is 5.69 Å². The van der Waals surface area contributed by atoms with Gasteiger partial charge in [-0.1, -0.05) is 12.1 Å². The van der Waals surface area contributed by atoms with Crippen LogP contribution in [0.1, 0.15) is 5.56 Å². The standard InChI is InChI=1S/C14H15N5O3/c1-22-11-5-2-4-10(8-11)9-17-14(15)18-13-12(19(20)21)6-3-7-16-13/h2-8H,9H2,1H3,(H3,15,16,17,18). The summed E-state index contributed by atoms with van der Waals surface area (Å²) in [6, 6.07) is 10.2. The molecule has 0 atom stereocenters. The Kier molecular flexibility index (Phi) is 4.86. The first-order valence-electron chi connectivity index (χ1n) is 6.39. The van der Waals surface area contributed by atoms with Gasteiger partial charge < -0.3 is 15.8 Å². The van der Waals surface area contributed by atoms with Crippen LogP contribution in [0.2, 0.25) is 0 Å². The van der Waals surface area contributed by atoms with Gasteiger partial charge in [0.1, 0.15) is 5.75 Å². The van der Waals surface area contributed by atoms with Gasteiger partial charge in [0, 0.05) is 12.3 Å². The van der Waals surface area contributed by atoms with Crippen LogP contribution < -0.4 is 15.8 Å². The minimum Gasteiger partial charge on any atom is -0.497 e. The number of anilines is 1. The van der Waals surface area contributed by atoms with Crippen molar-refractivity contribution in [1.29, 1.82) is 0 Å². The number of nitrogens with one attached hydrogen (secondary N) is 1. The predicted molar refractivity (Wildman–Crippen MR) is 82.8 cm³/mol. The summed E-state index contributed by atoms with van der Waals surface area (Å²) in [4.78, 5) is 18.4. The van der Waals surface area contributed by atoms with Crippen molar-refractivity contribution in [3.05, 3.63) is 58.3 Å². The fourth-order valence-electron chi connectivity index (χ4n) is 1.75. The molecule has 22 heavy (non-hydrogen) atoms. The van der Waals surface area contributed by atoms with Crippen LogP contribution >= 0.6 is 0 Å². The predicted octanol–water partition coefficient (Wildman–Crippen LogP) is 1.93. The maximum atomic E-state index is 10.9. The summed E-state index contributed by atoms with van der Waals surface area (Å²) in [6.45, 7) is 0.316. The van der Waals surface area contributed by atoms with E-state index in [1.807, 2.05) is 24.3 Å². The molecule has 0 spiro atoms. The zero-order valence-electron chi connectivity index (χ0n) is 11.9. The van der Waals surface area contributed by atoms with Crippen molar-refractivity contribution in [3.63, 3.8) is 0 Å². The number of ether oxygens (including phenoxy) is 1. The van der Waals surface area contributed by atoms with Crippen molar-refractivity contribution in [2.45, 2.75) is 6.54 Å². The number of nitrogens with two attached hydrogens (primary N) is 1. The Morgan fingerprint density at radius 1 is 1.45 bits per heavy atom. The number of aliphatic imine (C=N–C) groups is 1. The van der Waals surface area contributed by atoms with E-state index < -0.39 is 4.92 Å². The summed E-state index contributed by atoms with van der Waals surface area (Å²) < 4.78 is 5.12. The fraction of sp³-hybridized carbons (Fsp3) is 0.143. The summed E-state index contributed by atoms with van der Waals surface area (Å²) in [7, 11) is 1.58. The zero-order chi connectivity index (χ0) is 15.9. The quantitative estimate of drug-likeness (QED) is 0.377. The van der Waals surface area contributed by atoms with Gasteiger partial charge in [-0.3, -0.25) is 10.1 Å². The fourth-order valence-corrected chi connectivity index (χ4v) is 1.75. The molecule has 0 aliphatic carbocycles. The Labute approximate surface area is 126 Å². The van der Waals surface area contributed by atoms with E-state index in [0.29, 0.717) is 6.54 Å². The molecule has 0 aliphatic heterocycles. The number of rotatable bonds is 5. The highest BCUT2D eigenvalue weighted by atomic mass is 16.6. The Balaban J connectivity index is 2.08. The van der Waals surface area contributed by atoms with Crippen LogP contribution in [0.15, 0.2) is 47.6 Å². The van der Waals surface area contributed by atoms with Gasteiger partial charge in [0.05, 0.1) is 18.6 Å². The molecule has 0 unspecified atom stereocenters. The molecule has 0 saturated carbocycles. The number of pyridine rings is 1. The van der Waals surface area contributed by atoms with E-state index in [-0.39, 0.29) is 17.5 Å². The average molecular weight is 301 g/mol. The van der Waals surface area contributed by atoms with Crippen molar-refractivity contribution < 1.29 is 9.66 Å². The van der Waals surface area contributed by atoms with Gasteiger partial charge in [0.25, 0.3) is 0 Å². The molecular formula is C14H15N5O3. The molecule has 0 amide bonds. The second-order valence-corrected chi connectivity index (χ2v) is 4.31. The van der Waals surface area contributed by atoms with E-state index in [1.54, 1.807) is 7.11 Å². The number of benzene rings is 1. The number of nitro groups is 1. The summed E-state index contributed by atoms with van der Waals surface area (Å²) in [6.07, 6.45) is 1.44. The third kappa shape index (κ3) is 3.92. The summed E-state index contributed by atoms with van der Waals surface area (Å²) in [5.41, 5.74) is 6.48. The molecular weight excluding hydrogens is 286 g/mol. The minimum absolute atomic E-state index is 0.0459. The third-order valence-corrected chi connectivity index (χ3v) is 2.80. The third-order valence-electron chi connectivity index (χ3n) is 2.80. The highest BCUT2D eigenvalue weighted by Gasteiger charge is 2.14. The molecule has 2 aromatic rings. The van der Waals surface area contributed by atoms with E-state index in [9.17, 15) is 10.1 Å². The Morgan fingerprint density at radius 2 is 2.27 bits per heavy atom. The molecule has 0 fully saturated rings. The summed E-state index contributed by atoms with van der Waals surface area (Å²) >= 11 is 0. The number of aromatic nitrogens is 1. The molecule has 1 aromatic heterocycles. The summed E-state index contributed by atoms with van der Waals surface area (Å²) in [5.74, 6) is 0.823. The van der Waals surface area contributed by atoms with Gasteiger partial charge in [0.2, 0.25) is 5.82 Å². The lowest BCUT2D eigenvalue weighted by atomic mass is 10.2. The second-order valence-electron chi connectivity index (χ2n) is 4.31. The summed E-state index contributed by atoms with van der Waals surface area (Å²) in [5, 5.41) is 13.5. The Hall–Kier alpha value is -3.16.